The molecule has 0 spiro atoms. The van der Waals surface area contributed by atoms with Crippen molar-refractivity contribution in [1.29, 1.82) is 0 Å². The molecule has 19 heavy (non-hydrogen) atoms. The zero-order chi connectivity index (χ0) is 13.8. The summed E-state index contributed by atoms with van der Waals surface area (Å²) < 4.78 is 2.20. The molecule has 0 unspecified atom stereocenters. The van der Waals surface area contributed by atoms with Gasteiger partial charge in [0, 0.05) is 36.3 Å². The van der Waals surface area contributed by atoms with Crippen molar-refractivity contribution in [2.75, 3.05) is 0 Å². The van der Waals surface area contributed by atoms with E-state index in [1.807, 2.05) is 0 Å². The molecule has 0 amide bonds. The van der Waals surface area contributed by atoms with Gasteiger partial charge in [-0.1, -0.05) is 27.7 Å². The van der Waals surface area contributed by atoms with Gasteiger partial charge in [0.25, 0.3) is 0 Å². The molecule has 0 aliphatic heterocycles. The second-order valence-electron chi connectivity index (χ2n) is 5.56. The molecule has 1 N–H and O–H groups in total. The van der Waals surface area contributed by atoms with E-state index in [1.165, 1.54) is 10.6 Å². The van der Waals surface area contributed by atoms with Gasteiger partial charge in [-0.3, -0.25) is 0 Å². The SMILES string of the molecule is CC(C)NCc1ccn(Cc2csc(C(C)C)n2)c1. The monoisotopic (exact) mass is 277 g/mol. The summed E-state index contributed by atoms with van der Waals surface area (Å²) in [5.74, 6) is 0.522. The van der Waals surface area contributed by atoms with Gasteiger partial charge in [-0.05, 0) is 11.6 Å². The van der Waals surface area contributed by atoms with Crippen molar-refractivity contribution < 1.29 is 0 Å². The molecule has 0 bridgehead atoms. The molecule has 3 nitrogen and oxygen atoms in total. The van der Waals surface area contributed by atoms with Crippen LogP contribution in [0.4, 0.5) is 0 Å². The number of aromatic nitrogens is 2. The number of nitrogens with one attached hydrogen (secondary N) is 1. The van der Waals surface area contributed by atoms with Gasteiger partial charge < -0.3 is 9.88 Å². The average molecular weight is 277 g/mol. The Labute approximate surface area is 119 Å². The molecule has 2 rings (SSSR count). The van der Waals surface area contributed by atoms with Crippen molar-refractivity contribution in [3.63, 3.8) is 0 Å². The quantitative estimate of drug-likeness (QED) is 0.874. The molecule has 2 aromatic heterocycles. The summed E-state index contributed by atoms with van der Waals surface area (Å²) >= 11 is 1.76. The molecule has 0 fully saturated rings. The highest BCUT2D eigenvalue weighted by molar-refractivity contribution is 7.09. The first-order valence-corrected chi connectivity index (χ1v) is 7.75. The lowest BCUT2D eigenvalue weighted by Crippen LogP contribution is -2.21. The molecule has 2 aromatic rings. The zero-order valence-electron chi connectivity index (χ0n) is 12.2. The highest BCUT2D eigenvalue weighted by atomic mass is 32.1. The van der Waals surface area contributed by atoms with E-state index >= 15 is 0 Å². The Bertz CT molecular complexity index is 511. The summed E-state index contributed by atoms with van der Waals surface area (Å²) in [6.45, 7) is 10.5. The summed E-state index contributed by atoms with van der Waals surface area (Å²) in [6.07, 6.45) is 4.33. The number of nitrogens with zero attached hydrogens (tertiary/aromatic N) is 2. The van der Waals surface area contributed by atoms with Gasteiger partial charge in [0.1, 0.15) is 0 Å². The van der Waals surface area contributed by atoms with Gasteiger partial charge in [-0.2, -0.15) is 0 Å². The van der Waals surface area contributed by atoms with E-state index in [4.69, 9.17) is 0 Å². The molecule has 0 saturated heterocycles. The van der Waals surface area contributed by atoms with Crippen molar-refractivity contribution in [1.82, 2.24) is 14.9 Å². The molecule has 0 aromatic carbocycles. The fourth-order valence-electron chi connectivity index (χ4n) is 1.86. The topological polar surface area (TPSA) is 29.9 Å². The van der Waals surface area contributed by atoms with Crippen LogP contribution in [0.15, 0.2) is 23.8 Å². The third-order valence-electron chi connectivity index (χ3n) is 2.93. The lowest BCUT2D eigenvalue weighted by molar-refractivity contribution is 0.588. The minimum Gasteiger partial charge on any atom is -0.348 e. The lowest BCUT2D eigenvalue weighted by Gasteiger charge is -2.05. The first kappa shape index (κ1) is 14.3. The average Bonchev–Trinajstić information content (AvgIpc) is 2.96. The Hall–Kier alpha value is -1.13. The van der Waals surface area contributed by atoms with Gasteiger partial charge in [0.15, 0.2) is 0 Å². The predicted molar refractivity (Wildman–Crippen MR) is 81.7 cm³/mol. The van der Waals surface area contributed by atoms with E-state index in [-0.39, 0.29) is 0 Å². The maximum Gasteiger partial charge on any atom is 0.0954 e. The first-order valence-electron chi connectivity index (χ1n) is 6.87. The fourth-order valence-corrected chi connectivity index (χ4v) is 2.69. The molecule has 2 heterocycles. The van der Waals surface area contributed by atoms with Crippen LogP contribution < -0.4 is 5.32 Å². The molecular weight excluding hydrogens is 254 g/mol. The number of hydrogen-bond acceptors (Lipinski definition) is 3. The molecule has 0 radical (unpaired) electrons. The minimum atomic E-state index is 0.522. The smallest absolute Gasteiger partial charge is 0.0954 e. The normalized spacial score (nSPS) is 11.7. The summed E-state index contributed by atoms with van der Waals surface area (Å²) in [5, 5.41) is 6.82. The Kier molecular flexibility index (Phi) is 4.77. The Balaban J connectivity index is 1.95. The van der Waals surface area contributed by atoms with Gasteiger partial charge in [0.05, 0.1) is 17.2 Å². The predicted octanol–water partition coefficient (Wildman–Crippen LogP) is 3.61. The van der Waals surface area contributed by atoms with Gasteiger partial charge in [0.2, 0.25) is 0 Å². The van der Waals surface area contributed by atoms with Gasteiger partial charge >= 0.3 is 0 Å². The van der Waals surface area contributed by atoms with E-state index in [9.17, 15) is 0 Å². The first-order chi connectivity index (χ1) is 9.04. The van der Waals surface area contributed by atoms with Crippen LogP contribution in [-0.2, 0) is 13.1 Å². The van der Waals surface area contributed by atoms with Crippen molar-refractivity contribution in [3.05, 3.63) is 40.1 Å². The summed E-state index contributed by atoms with van der Waals surface area (Å²) in [4.78, 5) is 4.67. The highest BCUT2D eigenvalue weighted by Gasteiger charge is 2.06. The van der Waals surface area contributed by atoms with Crippen molar-refractivity contribution in [3.8, 4) is 0 Å². The maximum absolute atomic E-state index is 4.67. The zero-order valence-corrected chi connectivity index (χ0v) is 13.0. The van der Waals surface area contributed by atoms with E-state index < -0.39 is 0 Å². The third-order valence-corrected chi connectivity index (χ3v) is 4.13. The van der Waals surface area contributed by atoms with Crippen LogP contribution in [0.1, 0.15) is 49.9 Å². The summed E-state index contributed by atoms with van der Waals surface area (Å²) in [7, 11) is 0. The Morgan fingerprint density at radius 2 is 2.11 bits per heavy atom. The van der Waals surface area contributed by atoms with E-state index in [2.05, 4.69) is 66.4 Å². The summed E-state index contributed by atoms with van der Waals surface area (Å²) in [5.41, 5.74) is 2.49. The van der Waals surface area contributed by atoms with Crippen LogP contribution in [0, 0.1) is 0 Å². The highest BCUT2D eigenvalue weighted by Crippen LogP contribution is 2.19. The van der Waals surface area contributed by atoms with Crippen LogP contribution in [-0.4, -0.2) is 15.6 Å². The molecule has 0 aliphatic carbocycles. The van der Waals surface area contributed by atoms with Crippen LogP contribution in [0.5, 0.6) is 0 Å². The minimum absolute atomic E-state index is 0.522. The second-order valence-corrected chi connectivity index (χ2v) is 6.45. The van der Waals surface area contributed by atoms with Crippen molar-refractivity contribution in [2.24, 2.45) is 0 Å². The molecule has 0 atom stereocenters. The van der Waals surface area contributed by atoms with Crippen LogP contribution >= 0.6 is 11.3 Å². The maximum atomic E-state index is 4.67. The van der Waals surface area contributed by atoms with E-state index in [0.717, 1.165) is 18.8 Å². The van der Waals surface area contributed by atoms with Gasteiger partial charge in [-0.25, -0.2) is 4.98 Å². The second kappa shape index (κ2) is 6.35. The number of thiazole rings is 1. The van der Waals surface area contributed by atoms with Crippen LogP contribution in [0.2, 0.25) is 0 Å². The lowest BCUT2D eigenvalue weighted by atomic mass is 10.2. The number of hydrogen-bond donors (Lipinski definition) is 1. The van der Waals surface area contributed by atoms with Gasteiger partial charge in [-0.15, -0.1) is 11.3 Å². The van der Waals surface area contributed by atoms with Crippen molar-refractivity contribution >= 4 is 11.3 Å². The van der Waals surface area contributed by atoms with Crippen LogP contribution in [0.3, 0.4) is 0 Å². The third kappa shape index (κ3) is 4.18. The standard InChI is InChI=1S/C15H23N3S/c1-11(2)15-17-14(10-19-15)9-18-6-5-13(8-18)7-16-12(3)4/h5-6,8,10-12,16H,7,9H2,1-4H3. The molecule has 0 saturated carbocycles. The fraction of sp³-hybridized carbons (Fsp3) is 0.533. The molecule has 0 aliphatic rings. The van der Waals surface area contributed by atoms with E-state index in [0.29, 0.717) is 12.0 Å². The molecular formula is C15H23N3S. The van der Waals surface area contributed by atoms with Crippen molar-refractivity contribution in [2.45, 2.75) is 52.7 Å². The largest absolute Gasteiger partial charge is 0.348 e. The van der Waals surface area contributed by atoms with E-state index in [1.54, 1.807) is 11.3 Å². The Morgan fingerprint density at radius 3 is 2.74 bits per heavy atom. The number of rotatable bonds is 6. The molecule has 4 heteroatoms. The summed E-state index contributed by atoms with van der Waals surface area (Å²) in [6, 6.07) is 2.70. The molecule has 104 valence electrons. The van der Waals surface area contributed by atoms with Crippen LogP contribution in [0.25, 0.3) is 0 Å². The Morgan fingerprint density at radius 1 is 1.32 bits per heavy atom.